The summed E-state index contributed by atoms with van der Waals surface area (Å²) in [5.41, 5.74) is 1.63. The fourth-order valence-corrected chi connectivity index (χ4v) is 3.25. The predicted molar refractivity (Wildman–Crippen MR) is 90.2 cm³/mol. The Balaban J connectivity index is 2.28. The van der Waals surface area contributed by atoms with Crippen molar-refractivity contribution < 1.29 is 14.9 Å². The van der Waals surface area contributed by atoms with E-state index in [4.69, 9.17) is 4.74 Å². The van der Waals surface area contributed by atoms with Gasteiger partial charge in [0.2, 0.25) is 0 Å². The molecule has 2 aromatic rings. The van der Waals surface area contributed by atoms with Crippen LogP contribution in [0.4, 0.5) is 5.69 Å². The summed E-state index contributed by atoms with van der Waals surface area (Å²) in [5, 5.41) is 22.4. The molecule has 0 radical (unpaired) electrons. The van der Waals surface area contributed by atoms with Gasteiger partial charge in [0.15, 0.2) is 0 Å². The lowest BCUT2D eigenvalue weighted by atomic mass is 10.1. The zero-order valence-corrected chi connectivity index (χ0v) is 14.7. The zero-order valence-electron chi connectivity index (χ0n) is 11.5. The molecule has 0 bridgehead atoms. The number of rotatable bonds is 4. The lowest BCUT2D eigenvalue weighted by Crippen LogP contribution is -2.07. The topological polar surface area (TPSA) is 61.7 Å². The summed E-state index contributed by atoms with van der Waals surface area (Å²) in [6, 6.07) is 8.18. The summed E-state index contributed by atoms with van der Waals surface area (Å²) >= 11 is 6.92. The third-order valence-electron chi connectivity index (χ3n) is 3.04. The lowest BCUT2D eigenvalue weighted by Gasteiger charge is -2.18. The van der Waals surface area contributed by atoms with Gasteiger partial charge >= 0.3 is 0 Å². The van der Waals surface area contributed by atoms with Crippen LogP contribution in [-0.4, -0.2) is 17.3 Å². The fraction of sp³-hybridized carbons (Fsp3) is 0.200. The van der Waals surface area contributed by atoms with Crippen LogP contribution in [0.25, 0.3) is 0 Å². The van der Waals surface area contributed by atoms with Crippen LogP contribution in [-0.2, 0) is 0 Å². The highest BCUT2D eigenvalue weighted by atomic mass is 79.9. The Labute approximate surface area is 140 Å². The first-order chi connectivity index (χ1) is 9.90. The van der Waals surface area contributed by atoms with Gasteiger partial charge in [-0.05, 0) is 62.5 Å². The van der Waals surface area contributed by atoms with Crippen molar-refractivity contribution in [2.75, 3.05) is 12.4 Å². The number of hydrogen-bond donors (Lipinski definition) is 3. The van der Waals surface area contributed by atoms with Crippen LogP contribution in [0.1, 0.15) is 18.5 Å². The lowest BCUT2D eigenvalue weighted by molar-refractivity contribution is 0.412. The molecule has 1 atom stereocenters. The first-order valence-corrected chi connectivity index (χ1v) is 7.81. The Hall–Kier alpha value is -1.40. The van der Waals surface area contributed by atoms with Crippen LogP contribution >= 0.6 is 31.9 Å². The van der Waals surface area contributed by atoms with Gasteiger partial charge in [-0.2, -0.15) is 0 Å². The molecule has 3 N–H and O–H groups in total. The number of anilines is 1. The summed E-state index contributed by atoms with van der Waals surface area (Å²) in [5.74, 6) is 0.781. The smallest absolute Gasteiger partial charge is 0.135 e. The molecule has 21 heavy (non-hydrogen) atoms. The number of halogens is 2. The van der Waals surface area contributed by atoms with Crippen LogP contribution in [0, 0.1) is 0 Å². The van der Waals surface area contributed by atoms with Gasteiger partial charge < -0.3 is 20.3 Å². The van der Waals surface area contributed by atoms with Gasteiger partial charge in [0.1, 0.15) is 17.2 Å². The van der Waals surface area contributed by atoms with Crippen LogP contribution in [0.15, 0.2) is 39.3 Å². The van der Waals surface area contributed by atoms with Crippen molar-refractivity contribution in [1.29, 1.82) is 0 Å². The van der Waals surface area contributed by atoms with Crippen molar-refractivity contribution in [3.05, 3.63) is 44.8 Å². The molecule has 2 rings (SSSR count). The number of aromatic hydroxyl groups is 2. The predicted octanol–water partition coefficient (Wildman–Crippen LogP) is 4.80. The monoisotopic (exact) mass is 415 g/mol. The molecule has 0 heterocycles. The number of phenolic OH excluding ortho intramolecular Hbond substituents is 2. The molecule has 0 spiro atoms. The quantitative estimate of drug-likeness (QED) is 0.669. The maximum absolute atomic E-state index is 9.56. The molecule has 4 nitrogen and oxygen atoms in total. The van der Waals surface area contributed by atoms with E-state index in [1.54, 1.807) is 19.2 Å². The Morgan fingerprint density at radius 1 is 1.00 bits per heavy atom. The molecular weight excluding hydrogens is 402 g/mol. The van der Waals surface area contributed by atoms with Crippen molar-refractivity contribution in [2.45, 2.75) is 13.0 Å². The third-order valence-corrected chi connectivity index (χ3v) is 4.31. The normalized spacial score (nSPS) is 12.0. The summed E-state index contributed by atoms with van der Waals surface area (Å²) in [4.78, 5) is 0. The van der Waals surface area contributed by atoms with Gasteiger partial charge in [-0.1, -0.05) is 0 Å². The van der Waals surface area contributed by atoms with Crippen LogP contribution in [0.5, 0.6) is 17.2 Å². The van der Waals surface area contributed by atoms with Crippen molar-refractivity contribution in [3.8, 4) is 17.2 Å². The van der Waals surface area contributed by atoms with Gasteiger partial charge in [0.25, 0.3) is 0 Å². The summed E-state index contributed by atoms with van der Waals surface area (Å²) in [7, 11) is 1.61. The average Bonchev–Trinajstić information content (AvgIpc) is 2.40. The summed E-state index contributed by atoms with van der Waals surface area (Å²) in [6.07, 6.45) is 0. The highest BCUT2D eigenvalue weighted by Gasteiger charge is 2.12. The van der Waals surface area contributed by atoms with Crippen LogP contribution in [0.2, 0.25) is 0 Å². The maximum Gasteiger partial charge on any atom is 0.135 e. The summed E-state index contributed by atoms with van der Waals surface area (Å²) < 4.78 is 7.01. The highest BCUT2D eigenvalue weighted by molar-refractivity contribution is 9.11. The molecule has 0 aliphatic heterocycles. The molecule has 0 fully saturated rings. The SMILES string of the molecule is COc1cc(NC(C)c2cc(O)cc(O)c2)c(Br)cc1Br. The molecule has 6 heteroatoms. The average molecular weight is 417 g/mol. The van der Waals surface area contributed by atoms with Crippen molar-refractivity contribution in [1.82, 2.24) is 0 Å². The minimum Gasteiger partial charge on any atom is -0.508 e. The van der Waals surface area contributed by atoms with Gasteiger partial charge in [-0.25, -0.2) is 0 Å². The van der Waals surface area contributed by atoms with Crippen molar-refractivity contribution >= 4 is 37.5 Å². The first-order valence-electron chi connectivity index (χ1n) is 6.23. The van der Waals surface area contributed by atoms with E-state index in [0.29, 0.717) is 5.75 Å². The van der Waals surface area contributed by atoms with E-state index in [0.717, 1.165) is 20.2 Å². The maximum atomic E-state index is 9.56. The number of methoxy groups -OCH3 is 1. The minimum atomic E-state index is -0.106. The zero-order chi connectivity index (χ0) is 15.6. The number of nitrogens with one attached hydrogen (secondary N) is 1. The second-order valence-electron chi connectivity index (χ2n) is 4.62. The Morgan fingerprint density at radius 2 is 1.62 bits per heavy atom. The number of phenols is 2. The van der Waals surface area contributed by atoms with E-state index < -0.39 is 0 Å². The highest BCUT2D eigenvalue weighted by Crippen LogP contribution is 2.36. The summed E-state index contributed by atoms with van der Waals surface area (Å²) in [6.45, 7) is 1.94. The molecule has 0 amide bonds. The van der Waals surface area contributed by atoms with E-state index in [9.17, 15) is 10.2 Å². The van der Waals surface area contributed by atoms with Crippen LogP contribution in [0.3, 0.4) is 0 Å². The molecule has 0 aromatic heterocycles. The molecule has 0 aliphatic carbocycles. The van der Waals surface area contributed by atoms with Crippen LogP contribution < -0.4 is 10.1 Å². The minimum absolute atomic E-state index is 0.0334. The van der Waals surface area contributed by atoms with Gasteiger partial charge in [-0.3, -0.25) is 0 Å². The Bertz CT molecular complexity index is 641. The van der Waals surface area contributed by atoms with Gasteiger partial charge in [0, 0.05) is 22.6 Å². The standard InChI is InChI=1S/C15H15Br2NO3/c1-8(9-3-10(19)5-11(20)4-9)18-14-7-15(21-2)13(17)6-12(14)16/h3-8,18-20H,1-2H3. The first kappa shape index (κ1) is 16.0. The van der Waals surface area contributed by atoms with Crippen molar-refractivity contribution in [3.63, 3.8) is 0 Å². The molecule has 112 valence electrons. The molecule has 0 saturated heterocycles. The van der Waals surface area contributed by atoms with E-state index in [-0.39, 0.29) is 17.5 Å². The van der Waals surface area contributed by atoms with Crippen molar-refractivity contribution in [2.24, 2.45) is 0 Å². The van der Waals surface area contributed by atoms with E-state index >= 15 is 0 Å². The number of benzene rings is 2. The molecular formula is C15H15Br2NO3. The Morgan fingerprint density at radius 3 is 2.19 bits per heavy atom. The number of ether oxygens (including phenoxy) is 1. The fourth-order valence-electron chi connectivity index (χ4n) is 1.98. The van der Waals surface area contributed by atoms with Gasteiger partial charge in [0.05, 0.1) is 17.3 Å². The molecule has 0 saturated carbocycles. The van der Waals surface area contributed by atoms with Gasteiger partial charge in [-0.15, -0.1) is 0 Å². The molecule has 1 unspecified atom stereocenters. The third kappa shape index (κ3) is 3.83. The second-order valence-corrected chi connectivity index (χ2v) is 6.32. The molecule has 2 aromatic carbocycles. The van der Waals surface area contributed by atoms with E-state index in [1.807, 2.05) is 19.1 Å². The molecule has 0 aliphatic rings. The Kier molecular flexibility index (Phi) is 5.00. The second kappa shape index (κ2) is 6.58. The van der Waals surface area contributed by atoms with E-state index in [2.05, 4.69) is 37.2 Å². The number of hydrogen-bond acceptors (Lipinski definition) is 4. The largest absolute Gasteiger partial charge is 0.508 e. The van der Waals surface area contributed by atoms with E-state index in [1.165, 1.54) is 6.07 Å².